The summed E-state index contributed by atoms with van der Waals surface area (Å²) < 4.78 is 70.5. The lowest BCUT2D eigenvalue weighted by atomic mass is 9.95. The molecule has 4 aromatic rings. The average Bonchev–Trinajstić information content (AvgIpc) is 3.44. The maximum atomic E-state index is 16.8. The van der Waals surface area contributed by atoms with Gasteiger partial charge < -0.3 is 29.0 Å². The molecule has 5 aliphatic heterocycles. The zero-order chi connectivity index (χ0) is 30.7. The topological polar surface area (TPSA) is 102 Å². The van der Waals surface area contributed by atoms with E-state index < -0.39 is 23.3 Å². The molecule has 13 heteroatoms. The van der Waals surface area contributed by atoms with Crippen LogP contribution >= 0.6 is 0 Å². The van der Waals surface area contributed by atoms with Crippen molar-refractivity contribution < 1.29 is 37.2 Å². The Morgan fingerprint density at radius 2 is 2.00 bits per heavy atom. The molecule has 0 unspecified atom stereocenters. The van der Waals surface area contributed by atoms with Crippen LogP contribution in [0.3, 0.4) is 0 Å². The molecule has 10 nitrogen and oxygen atoms in total. The lowest BCUT2D eigenvalue weighted by Gasteiger charge is -2.31. The SMILES string of the molecule is Oc1cc2c3c(c(F)ccc3c1)OCCO[C@@H]1COCCN(C1)c1nc(OC[C@@]34CCCN3C[C@H](F)C4)nc3c(F)c-2ncc13. The number of pyridine rings is 1. The van der Waals surface area contributed by atoms with Crippen molar-refractivity contribution in [2.75, 3.05) is 64.1 Å². The molecule has 0 amide bonds. The number of aromatic hydroxyl groups is 1. The third-order valence-electron chi connectivity index (χ3n) is 9.35. The van der Waals surface area contributed by atoms with E-state index in [0.717, 1.165) is 19.4 Å². The van der Waals surface area contributed by atoms with Crippen molar-refractivity contribution in [2.45, 2.75) is 37.1 Å². The number of benzene rings is 2. The largest absolute Gasteiger partial charge is 0.508 e. The Labute approximate surface area is 256 Å². The van der Waals surface area contributed by atoms with Gasteiger partial charge in [0.25, 0.3) is 0 Å². The van der Waals surface area contributed by atoms with Crippen molar-refractivity contribution in [3.8, 4) is 28.8 Å². The molecule has 0 spiro atoms. The quantitative estimate of drug-likeness (QED) is 0.354. The lowest BCUT2D eigenvalue weighted by Crippen LogP contribution is -2.43. The number of hydrogen-bond acceptors (Lipinski definition) is 10. The van der Waals surface area contributed by atoms with Crippen LogP contribution in [0.15, 0.2) is 30.5 Å². The minimum atomic E-state index is -0.930. The zero-order valence-electron chi connectivity index (χ0n) is 24.5. The molecule has 45 heavy (non-hydrogen) atoms. The zero-order valence-corrected chi connectivity index (χ0v) is 24.5. The first kappa shape index (κ1) is 28.5. The van der Waals surface area contributed by atoms with Crippen LogP contribution in [-0.2, 0) is 9.47 Å². The summed E-state index contributed by atoms with van der Waals surface area (Å²) in [5.74, 6) is -1.28. The first-order chi connectivity index (χ1) is 21.9. The highest BCUT2D eigenvalue weighted by atomic mass is 19.1. The minimum Gasteiger partial charge on any atom is -0.508 e. The first-order valence-corrected chi connectivity index (χ1v) is 15.3. The van der Waals surface area contributed by atoms with E-state index >= 15 is 8.78 Å². The fourth-order valence-corrected chi connectivity index (χ4v) is 7.31. The fraction of sp³-hybridized carbons (Fsp3) is 0.469. The van der Waals surface area contributed by atoms with Gasteiger partial charge in [0.15, 0.2) is 17.4 Å². The van der Waals surface area contributed by atoms with Crippen LogP contribution in [0.25, 0.3) is 32.9 Å². The van der Waals surface area contributed by atoms with Gasteiger partial charge in [0, 0.05) is 43.2 Å². The number of rotatable bonds is 3. The van der Waals surface area contributed by atoms with Gasteiger partial charge in [-0.05, 0) is 43.0 Å². The first-order valence-electron chi connectivity index (χ1n) is 15.3. The number of aromatic nitrogens is 3. The van der Waals surface area contributed by atoms with Crippen LogP contribution in [0.4, 0.5) is 19.0 Å². The standard InChI is InChI=1S/C32H32F3N5O5/c33-19-12-32(4-1-5-40(32)14-19)17-45-31-37-28-23-13-36-27(26(28)35)22-11-20(41)10-18-2-3-24(34)29(25(18)22)44-9-8-43-21-15-39(30(23)38-31)6-7-42-16-21/h2-3,10-11,13,19,21,41H,1,4-9,12,14-17H2/t19-,21+,32+/m1/s1. The predicted octanol–water partition coefficient (Wildman–Crippen LogP) is 4.40. The third-order valence-corrected chi connectivity index (χ3v) is 9.35. The van der Waals surface area contributed by atoms with Crippen LogP contribution in [0.2, 0.25) is 0 Å². The van der Waals surface area contributed by atoms with E-state index in [1.54, 1.807) is 0 Å². The molecule has 3 saturated heterocycles. The van der Waals surface area contributed by atoms with Crippen molar-refractivity contribution in [3.05, 3.63) is 42.1 Å². The molecule has 0 aliphatic carbocycles. The van der Waals surface area contributed by atoms with E-state index in [-0.39, 0.29) is 65.6 Å². The number of hydrogen-bond donors (Lipinski definition) is 1. The van der Waals surface area contributed by atoms with E-state index in [1.165, 1.54) is 30.5 Å². The normalized spacial score (nSPS) is 25.3. The van der Waals surface area contributed by atoms with Gasteiger partial charge in [-0.25, -0.2) is 13.2 Å². The summed E-state index contributed by atoms with van der Waals surface area (Å²) in [6.45, 7) is 3.01. The molecule has 9 rings (SSSR count). The second-order valence-electron chi connectivity index (χ2n) is 12.2. The number of phenols is 1. The van der Waals surface area contributed by atoms with E-state index in [9.17, 15) is 9.50 Å². The van der Waals surface area contributed by atoms with Crippen LogP contribution in [-0.4, -0.2) is 102 Å². The summed E-state index contributed by atoms with van der Waals surface area (Å²) in [6.07, 6.45) is 2.27. The van der Waals surface area contributed by atoms with Gasteiger partial charge in [-0.15, -0.1) is 0 Å². The summed E-state index contributed by atoms with van der Waals surface area (Å²) >= 11 is 0. The molecule has 1 N–H and O–H groups in total. The maximum Gasteiger partial charge on any atom is 0.319 e. The molecule has 6 bridgehead atoms. The van der Waals surface area contributed by atoms with Crippen molar-refractivity contribution in [1.29, 1.82) is 0 Å². The van der Waals surface area contributed by atoms with E-state index in [4.69, 9.17) is 23.9 Å². The van der Waals surface area contributed by atoms with Gasteiger partial charge in [0.1, 0.15) is 42.2 Å². The molecule has 7 heterocycles. The van der Waals surface area contributed by atoms with Crippen LogP contribution in [0, 0.1) is 11.6 Å². The van der Waals surface area contributed by atoms with Gasteiger partial charge in [-0.2, -0.15) is 9.97 Å². The van der Waals surface area contributed by atoms with Crippen molar-refractivity contribution in [2.24, 2.45) is 0 Å². The molecule has 0 radical (unpaired) electrons. The molecular formula is C32H32F3N5O5. The Morgan fingerprint density at radius 1 is 1.09 bits per heavy atom. The van der Waals surface area contributed by atoms with Crippen molar-refractivity contribution >= 4 is 27.5 Å². The molecule has 2 aromatic heterocycles. The second kappa shape index (κ2) is 11.1. The van der Waals surface area contributed by atoms with E-state index in [2.05, 4.69) is 14.9 Å². The van der Waals surface area contributed by atoms with Crippen molar-refractivity contribution in [3.63, 3.8) is 0 Å². The number of fused-ring (bicyclic) bond motifs is 5. The molecule has 0 saturated carbocycles. The summed E-state index contributed by atoms with van der Waals surface area (Å²) in [6, 6.07) is 5.47. The maximum absolute atomic E-state index is 16.8. The van der Waals surface area contributed by atoms with Gasteiger partial charge >= 0.3 is 6.01 Å². The van der Waals surface area contributed by atoms with Crippen LogP contribution in [0.5, 0.6) is 17.5 Å². The van der Waals surface area contributed by atoms with Gasteiger partial charge in [-0.3, -0.25) is 9.88 Å². The molecule has 3 fully saturated rings. The molecule has 2 aromatic carbocycles. The highest BCUT2D eigenvalue weighted by Crippen LogP contribution is 2.43. The van der Waals surface area contributed by atoms with Gasteiger partial charge in [0.2, 0.25) is 0 Å². The van der Waals surface area contributed by atoms with Gasteiger partial charge in [-0.1, -0.05) is 6.07 Å². The number of alkyl halides is 1. The molecule has 236 valence electrons. The summed E-state index contributed by atoms with van der Waals surface area (Å²) in [5, 5.41) is 11.6. The third kappa shape index (κ3) is 4.97. The molecule has 5 aliphatic rings. The fourth-order valence-electron chi connectivity index (χ4n) is 7.31. The number of nitrogens with zero attached hydrogens (tertiary/aromatic N) is 5. The highest BCUT2D eigenvalue weighted by Gasteiger charge is 2.49. The summed E-state index contributed by atoms with van der Waals surface area (Å²) in [5.41, 5.74) is -0.509. The Kier molecular flexibility index (Phi) is 7.06. The molecule has 3 atom stereocenters. The Hall–Kier alpha value is -3.94. The highest BCUT2D eigenvalue weighted by molar-refractivity contribution is 6.03. The van der Waals surface area contributed by atoms with Crippen LogP contribution in [0.1, 0.15) is 19.3 Å². The smallest absolute Gasteiger partial charge is 0.319 e. The number of anilines is 1. The Bertz CT molecular complexity index is 1800. The Balaban J connectivity index is 1.31. The van der Waals surface area contributed by atoms with Crippen molar-refractivity contribution in [1.82, 2.24) is 19.9 Å². The predicted molar refractivity (Wildman–Crippen MR) is 159 cm³/mol. The number of phenolic OH excluding ortho intramolecular Hbond substituents is 1. The summed E-state index contributed by atoms with van der Waals surface area (Å²) in [7, 11) is 0. The number of halogens is 3. The lowest BCUT2D eigenvalue weighted by molar-refractivity contribution is -0.00952. The molecular weight excluding hydrogens is 591 g/mol. The monoisotopic (exact) mass is 623 g/mol. The minimum absolute atomic E-state index is 0.0208. The summed E-state index contributed by atoms with van der Waals surface area (Å²) in [4.78, 5) is 17.8. The second-order valence-corrected chi connectivity index (χ2v) is 12.2. The van der Waals surface area contributed by atoms with Crippen LogP contribution < -0.4 is 14.4 Å². The number of ether oxygens (including phenoxy) is 4. The van der Waals surface area contributed by atoms with Gasteiger partial charge in [0.05, 0.1) is 36.8 Å². The van der Waals surface area contributed by atoms with E-state index in [1.807, 2.05) is 4.90 Å². The average molecular weight is 624 g/mol. The Morgan fingerprint density at radius 3 is 2.91 bits per heavy atom. The van der Waals surface area contributed by atoms with E-state index in [0.29, 0.717) is 55.9 Å².